The van der Waals surface area contributed by atoms with Gasteiger partial charge in [0.15, 0.2) is 0 Å². The fourth-order valence-corrected chi connectivity index (χ4v) is 3.77. The molecule has 0 atom stereocenters. The summed E-state index contributed by atoms with van der Waals surface area (Å²) in [4.78, 5) is 15.0. The highest BCUT2D eigenvalue weighted by Crippen LogP contribution is 2.25. The van der Waals surface area contributed by atoms with Gasteiger partial charge >= 0.3 is 0 Å². The minimum atomic E-state index is 0.203. The average Bonchev–Trinajstić information content (AvgIpc) is 2.81. The first-order valence-corrected chi connectivity index (χ1v) is 11.9. The highest BCUT2D eigenvalue weighted by atomic mass is 35.5. The van der Waals surface area contributed by atoms with Gasteiger partial charge in [0.05, 0.1) is 0 Å². The van der Waals surface area contributed by atoms with Gasteiger partial charge in [0.2, 0.25) is 5.91 Å². The molecule has 0 saturated carbocycles. The van der Waals surface area contributed by atoms with Crippen LogP contribution in [0.5, 0.6) is 11.5 Å². The molecule has 0 aliphatic rings. The number of hydrogen-bond acceptors (Lipinski definition) is 2. The number of benzene rings is 3. The standard InChI is InChI=1S/C28H32ClNO2/c1-2-3-4-5-9-15-28(31)30(21-23-11-7-6-8-12-23)22-24-13-10-14-27(20-24)32-26-18-16-25(29)17-19-26/h6-8,10-14,16-20H,2-5,9,15,21-22H2,1H3. The molecule has 0 aliphatic carbocycles. The van der Waals surface area contributed by atoms with Gasteiger partial charge in [-0.05, 0) is 53.9 Å². The maximum atomic E-state index is 13.1. The van der Waals surface area contributed by atoms with E-state index in [9.17, 15) is 4.79 Å². The second kappa shape index (κ2) is 12.9. The molecule has 1 amide bonds. The molecular formula is C28H32ClNO2. The van der Waals surface area contributed by atoms with E-state index in [0.717, 1.165) is 35.5 Å². The number of ether oxygens (including phenoxy) is 1. The Balaban J connectivity index is 1.67. The Bertz CT molecular complexity index is 957. The van der Waals surface area contributed by atoms with Gasteiger partial charge in [-0.1, -0.05) is 86.7 Å². The van der Waals surface area contributed by atoms with Crippen LogP contribution in [0.15, 0.2) is 78.9 Å². The van der Waals surface area contributed by atoms with E-state index in [1.165, 1.54) is 19.3 Å². The number of hydrogen-bond donors (Lipinski definition) is 0. The normalized spacial score (nSPS) is 10.7. The molecule has 0 radical (unpaired) electrons. The van der Waals surface area contributed by atoms with Crippen molar-refractivity contribution in [1.29, 1.82) is 0 Å². The smallest absolute Gasteiger partial charge is 0.223 e. The second-order valence-electron chi connectivity index (χ2n) is 8.10. The number of amides is 1. The van der Waals surface area contributed by atoms with Gasteiger partial charge in [0, 0.05) is 24.5 Å². The SMILES string of the molecule is CCCCCCCC(=O)N(Cc1ccccc1)Cc1cccc(Oc2ccc(Cl)cc2)c1. The van der Waals surface area contributed by atoms with E-state index in [1.807, 2.05) is 71.6 Å². The van der Waals surface area contributed by atoms with E-state index in [0.29, 0.717) is 24.5 Å². The molecule has 168 valence electrons. The number of unbranched alkanes of at least 4 members (excludes halogenated alkanes) is 4. The van der Waals surface area contributed by atoms with Crippen molar-refractivity contribution in [2.45, 2.75) is 58.5 Å². The molecule has 0 aromatic heterocycles. The van der Waals surface area contributed by atoms with E-state index in [-0.39, 0.29) is 5.91 Å². The number of rotatable bonds is 12. The quantitative estimate of drug-likeness (QED) is 0.262. The fourth-order valence-electron chi connectivity index (χ4n) is 3.64. The van der Waals surface area contributed by atoms with E-state index < -0.39 is 0 Å². The Kier molecular flexibility index (Phi) is 9.64. The van der Waals surface area contributed by atoms with Crippen LogP contribution in [-0.2, 0) is 17.9 Å². The van der Waals surface area contributed by atoms with Crippen molar-refractivity contribution in [3.8, 4) is 11.5 Å². The Morgan fingerprint density at radius 1 is 0.781 bits per heavy atom. The van der Waals surface area contributed by atoms with Gasteiger partial charge in [0.1, 0.15) is 11.5 Å². The second-order valence-corrected chi connectivity index (χ2v) is 8.54. The molecule has 0 bridgehead atoms. The third-order valence-corrected chi connectivity index (χ3v) is 5.64. The summed E-state index contributed by atoms with van der Waals surface area (Å²) in [6, 6.07) is 25.4. The van der Waals surface area contributed by atoms with Crippen molar-refractivity contribution in [2.24, 2.45) is 0 Å². The van der Waals surface area contributed by atoms with Gasteiger partial charge in [-0.2, -0.15) is 0 Å². The van der Waals surface area contributed by atoms with Crippen LogP contribution >= 0.6 is 11.6 Å². The van der Waals surface area contributed by atoms with Crippen molar-refractivity contribution < 1.29 is 9.53 Å². The summed E-state index contributed by atoms with van der Waals surface area (Å²) in [6.07, 6.45) is 6.31. The first-order chi connectivity index (χ1) is 15.6. The molecule has 0 heterocycles. The molecule has 32 heavy (non-hydrogen) atoms. The highest BCUT2D eigenvalue weighted by molar-refractivity contribution is 6.30. The largest absolute Gasteiger partial charge is 0.457 e. The van der Waals surface area contributed by atoms with E-state index in [1.54, 1.807) is 0 Å². The zero-order valence-electron chi connectivity index (χ0n) is 18.8. The molecule has 0 saturated heterocycles. The molecule has 3 aromatic rings. The van der Waals surface area contributed by atoms with Crippen LogP contribution in [0.1, 0.15) is 56.6 Å². The van der Waals surface area contributed by atoms with Crippen molar-refractivity contribution in [2.75, 3.05) is 0 Å². The van der Waals surface area contributed by atoms with Gasteiger partial charge in [-0.25, -0.2) is 0 Å². The summed E-state index contributed by atoms with van der Waals surface area (Å²) in [6.45, 7) is 3.37. The number of carbonyl (C=O) groups excluding carboxylic acids is 1. The van der Waals surface area contributed by atoms with Crippen LogP contribution in [-0.4, -0.2) is 10.8 Å². The molecule has 0 spiro atoms. The van der Waals surface area contributed by atoms with Crippen LogP contribution in [0.4, 0.5) is 0 Å². The lowest BCUT2D eigenvalue weighted by Crippen LogP contribution is -2.29. The summed E-state index contributed by atoms with van der Waals surface area (Å²) in [5, 5.41) is 0.677. The van der Waals surface area contributed by atoms with Crippen LogP contribution in [0, 0.1) is 0 Å². The molecule has 3 aromatic carbocycles. The lowest BCUT2D eigenvalue weighted by Gasteiger charge is -2.23. The van der Waals surface area contributed by atoms with Crippen LogP contribution < -0.4 is 4.74 Å². The fraction of sp³-hybridized carbons (Fsp3) is 0.321. The predicted octanol–water partition coefficient (Wildman–Crippen LogP) is 8.02. The van der Waals surface area contributed by atoms with Crippen molar-refractivity contribution >= 4 is 17.5 Å². The van der Waals surface area contributed by atoms with Crippen molar-refractivity contribution in [3.05, 3.63) is 95.0 Å². The number of halogens is 1. The molecule has 3 rings (SSSR count). The van der Waals surface area contributed by atoms with Gasteiger partial charge in [-0.15, -0.1) is 0 Å². The molecule has 3 nitrogen and oxygen atoms in total. The van der Waals surface area contributed by atoms with Crippen molar-refractivity contribution in [1.82, 2.24) is 4.90 Å². The van der Waals surface area contributed by atoms with Crippen LogP contribution in [0.3, 0.4) is 0 Å². The maximum absolute atomic E-state index is 13.1. The van der Waals surface area contributed by atoms with Crippen molar-refractivity contribution in [3.63, 3.8) is 0 Å². The molecule has 4 heteroatoms. The third-order valence-electron chi connectivity index (χ3n) is 5.38. The zero-order valence-corrected chi connectivity index (χ0v) is 19.6. The lowest BCUT2D eigenvalue weighted by molar-refractivity contribution is -0.132. The molecular weight excluding hydrogens is 418 g/mol. The lowest BCUT2D eigenvalue weighted by atomic mass is 10.1. The Labute approximate surface area is 197 Å². The van der Waals surface area contributed by atoms with Gasteiger partial charge in [-0.3, -0.25) is 4.79 Å². The molecule has 0 N–H and O–H groups in total. The zero-order chi connectivity index (χ0) is 22.6. The topological polar surface area (TPSA) is 29.5 Å². The van der Waals surface area contributed by atoms with Gasteiger partial charge in [0.25, 0.3) is 0 Å². The minimum absolute atomic E-state index is 0.203. The van der Waals surface area contributed by atoms with E-state index in [4.69, 9.17) is 16.3 Å². The minimum Gasteiger partial charge on any atom is -0.457 e. The molecule has 0 unspecified atom stereocenters. The predicted molar refractivity (Wildman–Crippen MR) is 132 cm³/mol. The highest BCUT2D eigenvalue weighted by Gasteiger charge is 2.15. The monoisotopic (exact) mass is 449 g/mol. The van der Waals surface area contributed by atoms with Gasteiger partial charge < -0.3 is 9.64 Å². The summed E-state index contributed by atoms with van der Waals surface area (Å²) in [5.41, 5.74) is 2.19. The summed E-state index contributed by atoms with van der Waals surface area (Å²) in [7, 11) is 0. The van der Waals surface area contributed by atoms with Crippen LogP contribution in [0.2, 0.25) is 5.02 Å². The Morgan fingerprint density at radius 3 is 2.22 bits per heavy atom. The van der Waals surface area contributed by atoms with E-state index >= 15 is 0 Å². The molecule has 0 aliphatic heterocycles. The summed E-state index contributed by atoms with van der Waals surface area (Å²) in [5.74, 6) is 1.68. The Hall–Kier alpha value is -2.78. The van der Waals surface area contributed by atoms with E-state index in [2.05, 4.69) is 19.1 Å². The summed E-state index contributed by atoms with van der Waals surface area (Å²) >= 11 is 5.96. The summed E-state index contributed by atoms with van der Waals surface area (Å²) < 4.78 is 5.97. The first-order valence-electron chi connectivity index (χ1n) is 11.5. The average molecular weight is 450 g/mol. The number of carbonyl (C=O) groups is 1. The third kappa shape index (κ3) is 8.05. The number of nitrogens with zero attached hydrogens (tertiary/aromatic N) is 1. The Morgan fingerprint density at radius 2 is 1.47 bits per heavy atom. The first kappa shape index (κ1) is 23.9. The van der Waals surface area contributed by atoms with Crippen LogP contribution in [0.25, 0.3) is 0 Å². The molecule has 0 fully saturated rings. The maximum Gasteiger partial charge on any atom is 0.223 e.